The molecule has 1 aromatic heterocycles. The molecule has 5 nitrogen and oxygen atoms in total. The van der Waals surface area contributed by atoms with E-state index >= 15 is 0 Å². The largest absolute Gasteiger partial charge is 0.444 e. The van der Waals surface area contributed by atoms with Gasteiger partial charge in [-0.15, -0.1) is 0 Å². The third-order valence-electron chi connectivity index (χ3n) is 1.97. The summed E-state index contributed by atoms with van der Waals surface area (Å²) >= 11 is 1.95. The van der Waals surface area contributed by atoms with Gasteiger partial charge in [0.1, 0.15) is 5.60 Å². The van der Waals surface area contributed by atoms with Gasteiger partial charge in [-0.1, -0.05) is 0 Å². The molecule has 0 fully saturated rings. The second kappa shape index (κ2) is 7.00. The minimum Gasteiger partial charge on any atom is -0.444 e. The minimum atomic E-state index is -2.97. The predicted molar refractivity (Wildman–Crippen MR) is 76.7 cm³/mol. The highest BCUT2D eigenvalue weighted by molar-refractivity contribution is 14.1. The van der Waals surface area contributed by atoms with Gasteiger partial charge in [-0.3, -0.25) is 0 Å². The van der Waals surface area contributed by atoms with E-state index in [1.807, 2.05) is 22.6 Å². The molecule has 112 valence electrons. The number of rotatable bonds is 4. The Labute approximate surface area is 129 Å². The third-order valence-corrected chi connectivity index (χ3v) is 2.98. The first-order chi connectivity index (χ1) is 9.19. The van der Waals surface area contributed by atoms with E-state index in [0.717, 1.165) is 0 Å². The van der Waals surface area contributed by atoms with Crippen molar-refractivity contribution in [2.24, 2.45) is 0 Å². The molecule has 0 aliphatic carbocycles. The fourth-order valence-electron chi connectivity index (χ4n) is 1.27. The van der Waals surface area contributed by atoms with Crippen LogP contribution in [0.4, 0.5) is 13.6 Å². The van der Waals surface area contributed by atoms with Crippen LogP contribution in [0.15, 0.2) is 12.3 Å². The molecule has 1 heterocycles. The van der Waals surface area contributed by atoms with Crippen LogP contribution < -0.4 is 10.1 Å². The molecule has 20 heavy (non-hydrogen) atoms. The molecule has 0 radical (unpaired) electrons. The first-order valence-corrected chi connectivity index (χ1v) is 6.82. The smallest absolute Gasteiger partial charge is 0.407 e. The number of carbonyl (C=O) groups excluding carboxylic acids is 1. The van der Waals surface area contributed by atoms with Crippen LogP contribution in [0, 0.1) is 3.57 Å². The van der Waals surface area contributed by atoms with Crippen LogP contribution >= 0.6 is 22.6 Å². The second-order valence-electron chi connectivity index (χ2n) is 4.81. The maximum Gasteiger partial charge on any atom is 0.407 e. The Morgan fingerprint density at radius 2 is 2.15 bits per heavy atom. The number of amides is 1. The number of alkyl halides is 2. The third kappa shape index (κ3) is 5.85. The van der Waals surface area contributed by atoms with Crippen molar-refractivity contribution in [3.8, 4) is 5.88 Å². The lowest BCUT2D eigenvalue weighted by molar-refractivity contribution is -0.0535. The van der Waals surface area contributed by atoms with Gasteiger partial charge in [0.2, 0.25) is 5.88 Å². The number of halogens is 3. The van der Waals surface area contributed by atoms with Crippen molar-refractivity contribution in [2.45, 2.75) is 39.5 Å². The molecule has 8 heteroatoms. The molecular weight excluding hydrogens is 385 g/mol. The van der Waals surface area contributed by atoms with Crippen molar-refractivity contribution in [3.63, 3.8) is 0 Å². The summed E-state index contributed by atoms with van der Waals surface area (Å²) in [6.45, 7) is 2.20. The average Bonchev–Trinajstić information content (AvgIpc) is 2.24. The highest BCUT2D eigenvalue weighted by Crippen LogP contribution is 2.22. The predicted octanol–water partition coefficient (Wildman–Crippen LogP) is 3.31. The fraction of sp³-hybridized carbons (Fsp3) is 0.500. The number of ether oxygens (including phenoxy) is 2. The Balaban J connectivity index is 2.74. The molecule has 0 aromatic carbocycles. The van der Waals surface area contributed by atoms with Crippen LogP contribution in [0.2, 0.25) is 0 Å². The number of pyridine rings is 1. The van der Waals surface area contributed by atoms with E-state index in [0.29, 0.717) is 9.13 Å². The molecule has 0 aliphatic heterocycles. The van der Waals surface area contributed by atoms with E-state index in [2.05, 4.69) is 15.0 Å². The van der Waals surface area contributed by atoms with Gasteiger partial charge in [0.15, 0.2) is 0 Å². The lowest BCUT2D eigenvalue weighted by Crippen LogP contribution is -2.32. The molecule has 0 saturated carbocycles. The van der Waals surface area contributed by atoms with E-state index in [1.54, 1.807) is 26.8 Å². The van der Waals surface area contributed by atoms with Crippen molar-refractivity contribution in [1.82, 2.24) is 10.3 Å². The Bertz CT molecular complexity index is 478. The maximum absolute atomic E-state index is 12.3. The average molecular weight is 400 g/mol. The summed E-state index contributed by atoms with van der Waals surface area (Å²) in [6, 6.07) is 1.63. The van der Waals surface area contributed by atoms with Gasteiger partial charge in [-0.2, -0.15) is 8.78 Å². The molecule has 0 atom stereocenters. The summed E-state index contributed by atoms with van der Waals surface area (Å²) in [6.07, 6.45) is 0.719. The van der Waals surface area contributed by atoms with Gasteiger partial charge in [0.25, 0.3) is 0 Å². The van der Waals surface area contributed by atoms with Gasteiger partial charge >= 0.3 is 12.7 Å². The molecule has 1 amide bonds. The standard InChI is InChI=1S/C12H15F2IN2O3/c1-12(2,3)20-11(18)17-6-7-8(15)4-5-16-9(7)19-10(13)14/h4-5,10H,6H2,1-3H3,(H,17,18). The summed E-state index contributed by atoms with van der Waals surface area (Å²) in [4.78, 5) is 15.3. The maximum atomic E-state index is 12.3. The molecular formula is C12H15F2IN2O3. The van der Waals surface area contributed by atoms with Crippen LogP contribution in [0.25, 0.3) is 0 Å². The zero-order chi connectivity index (χ0) is 15.3. The lowest BCUT2D eigenvalue weighted by Gasteiger charge is -2.20. The molecule has 0 unspecified atom stereocenters. The zero-order valence-electron chi connectivity index (χ0n) is 11.2. The quantitative estimate of drug-likeness (QED) is 0.789. The molecule has 1 N–H and O–H groups in total. The van der Waals surface area contributed by atoms with Crippen molar-refractivity contribution >= 4 is 28.7 Å². The SMILES string of the molecule is CC(C)(C)OC(=O)NCc1c(I)ccnc1OC(F)F. The number of hydrogen-bond donors (Lipinski definition) is 1. The molecule has 1 rings (SSSR count). The van der Waals surface area contributed by atoms with E-state index < -0.39 is 18.3 Å². The number of carbonyl (C=O) groups is 1. The summed E-state index contributed by atoms with van der Waals surface area (Å²) in [5.74, 6) is -0.206. The van der Waals surface area contributed by atoms with Gasteiger partial charge < -0.3 is 14.8 Å². The number of alkyl carbamates (subject to hydrolysis) is 1. The molecule has 0 spiro atoms. The summed E-state index contributed by atoms with van der Waals surface area (Å²) < 4.78 is 34.6. The number of aromatic nitrogens is 1. The van der Waals surface area contributed by atoms with E-state index in [-0.39, 0.29) is 12.4 Å². The van der Waals surface area contributed by atoms with Crippen molar-refractivity contribution in [3.05, 3.63) is 21.4 Å². The normalized spacial score (nSPS) is 11.3. The lowest BCUT2D eigenvalue weighted by atomic mass is 10.2. The monoisotopic (exact) mass is 400 g/mol. The van der Waals surface area contributed by atoms with Gasteiger partial charge in [-0.05, 0) is 49.4 Å². The zero-order valence-corrected chi connectivity index (χ0v) is 13.4. The Morgan fingerprint density at radius 1 is 1.50 bits per heavy atom. The van der Waals surface area contributed by atoms with Crippen LogP contribution in [-0.2, 0) is 11.3 Å². The second-order valence-corrected chi connectivity index (χ2v) is 5.97. The van der Waals surface area contributed by atoms with Crippen molar-refractivity contribution < 1.29 is 23.0 Å². The van der Waals surface area contributed by atoms with Gasteiger partial charge in [-0.25, -0.2) is 9.78 Å². The molecule has 1 aromatic rings. The summed E-state index contributed by atoms with van der Waals surface area (Å²) in [5, 5.41) is 2.48. The minimum absolute atomic E-state index is 0.0108. The molecule has 0 aliphatic rings. The highest BCUT2D eigenvalue weighted by Gasteiger charge is 2.18. The molecule has 0 bridgehead atoms. The first-order valence-electron chi connectivity index (χ1n) is 5.74. The van der Waals surface area contributed by atoms with E-state index in [4.69, 9.17) is 4.74 Å². The number of hydrogen-bond acceptors (Lipinski definition) is 4. The Kier molecular flexibility index (Phi) is 5.90. The van der Waals surface area contributed by atoms with Crippen molar-refractivity contribution in [2.75, 3.05) is 0 Å². The summed E-state index contributed by atoms with van der Waals surface area (Å²) in [7, 11) is 0. The van der Waals surface area contributed by atoms with Crippen LogP contribution in [-0.4, -0.2) is 23.3 Å². The first kappa shape index (κ1) is 16.9. The van der Waals surface area contributed by atoms with E-state index in [9.17, 15) is 13.6 Å². The van der Waals surface area contributed by atoms with Crippen molar-refractivity contribution in [1.29, 1.82) is 0 Å². The fourth-order valence-corrected chi connectivity index (χ4v) is 1.85. The summed E-state index contributed by atoms with van der Waals surface area (Å²) in [5.41, 5.74) is -0.256. The van der Waals surface area contributed by atoms with Crippen LogP contribution in [0.5, 0.6) is 5.88 Å². The van der Waals surface area contributed by atoms with E-state index in [1.165, 1.54) is 6.20 Å². The number of nitrogens with one attached hydrogen (secondary N) is 1. The topological polar surface area (TPSA) is 60.5 Å². The van der Waals surface area contributed by atoms with Crippen LogP contribution in [0.3, 0.4) is 0 Å². The molecule has 0 saturated heterocycles. The van der Waals surface area contributed by atoms with Crippen LogP contribution in [0.1, 0.15) is 26.3 Å². The Morgan fingerprint density at radius 3 is 2.70 bits per heavy atom. The van der Waals surface area contributed by atoms with Gasteiger partial charge in [0.05, 0.1) is 6.54 Å². The highest BCUT2D eigenvalue weighted by atomic mass is 127. The van der Waals surface area contributed by atoms with Gasteiger partial charge in [0, 0.05) is 15.3 Å². The number of nitrogens with zero attached hydrogens (tertiary/aromatic N) is 1. The Hall–Kier alpha value is -1.19.